The molecule has 0 bridgehead atoms. The highest BCUT2D eigenvalue weighted by atomic mass is 15.0. The Balaban J connectivity index is 1.93. The highest BCUT2D eigenvalue weighted by Crippen LogP contribution is 2.04. The van der Waals surface area contributed by atoms with Gasteiger partial charge in [-0.3, -0.25) is 4.98 Å². The Morgan fingerprint density at radius 2 is 2.06 bits per heavy atom. The maximum Gasteiger partial charge on any atom is 0.131 e. The van der Waals surface area contributed by atoms with Crippen molar-refractivity contribution in [2.24, 2.45) is 0 Å². The molecule has 0 atom stereocenters. The Bertz CT molecular complexity index is 472. The highest BCUT2D eigenvalue weighted by molar-refractivity contribution is 5.33. The molecule has 0 saturated heterocycles. The van der Waals surface area contributed by atoms with Crippen molar-refractivity contribution in [1.29, 1.82) is 0 Å². The summed E-state index contributed by atoms with van der Waals surface area (Å²) in [5.41, 5.74) is 0.993. The first-order valence-electron chi connectivity index (χ1n) is 5.99. The topological polar surface area (TPSA) is 62.7 Å². The maximum absolute atomic E-state index is 4.44. The first kappa shape index (κ1) is 12.4. The van der Waals surface area contributed by atoms with E-state index >= 15 is 0 Å². The van der Waals surface area contributed by atoms with Crippen LogP contribution >= 0.6 is 0 Å². The third-order valence-corrected chi connectivity index (χ3v) is 2.48. The Kier molecular flexibility index (Phi) is 4.60. The van der Waals surface area contributed by atoms with Crippen LogP contribution in [0.5, 0.6) is 0 Å². The van der Waals surface area contributed by atoms with Crippen LogP contribution in [-0.4, -0.2) is 28.5 Å². The molecule has 94 valence electrons. The molecule has 2 aromatic heterocycles. The predicted octanol–water partition coefficient (Wildman–Crippen LogP) is 1.25. The smallest absolute Gasteiger partial charge is 0.131 e. The van der Waals surface area contributed by atoms with Gasteiger partial charge in [-0.15, -0.1) is 0 Å². The zero-order valence-electron chi connectivity index (χ0n) is 10.4. The van der Waals surface area contributed by atoms with Crippen molar-refractivity contribution in [3.05, 3.63) is 48.2 Å². The standard InChI is InChI=1S/C13H17N5/c1-14-8-5-12-16-9-6-13(18-12)17-10-11-4-2-3-7-15-11/h2-4,6-7,9,14H,5,8,10H2,1H3,(H,16,17,18). The lowest BCUT2D eigenvalue weighted by Crippen LogP contribution is -2.13. The summed E-state index contributed by atoms with van der Waals surface area (Å²) in [4.78, 5) is 12.9. The van der Waals surface area contributed by atoms with Crippen molar-refractivity contribution >= 4 is 5.82 Å². The lowest BCUT2D eigenvalue weighted by molar-refractivity contribution is 0.755. The second-order valence-corrected chi connectivity index (χ2v) is 3.89. The van der Waals surface area contributed by atoms with E-state index < -0.39 is 0 Å². The normalized spacial score (nSPS) is 10.3. The van der Waals surface area contributed by atoms with Gasteiger partial charge in [-0.05, 0) is 25.2 Å². The van der Waals surface area contributed by atoms with Crippen molar-refractivity contribution in [3.63, 3.8) is 0 Å². The van der Waals surface area contributed by atoms with Crippen LogP contribution in [0.4, 0.5) is 5.82 Å². The quantitative estimate of drug-likeness (QED) is 0.799. The SMILES string of the molecule is CNCCc1nccc(NCc2ccccn2)n1. The molecule has 0 unspecified atom stereocenters. The van der Waals surface area contributed by atoms with E-state index in [0.717, 1.165) is 30.3 Å². The number of hydrogen-bond acceptors (Lipinski definition) is 5. The van der Waals surface area contributed by atoms with Crippen molar-refractivity contribution < 1.29 is 0 Å². The maximum atomic E-state index is 4.44. The second-order valence-electron chi connectivity index (χ2n) is 3.89. The van der Waals surface area contributed by atoms with Crippen LogP contribution in [-0.2, 0) is 13.0 Å². The first-order chi connectivity index (χ1) is 8.88. The number of nitrogens with zero attached hydrogens (tertiary/aromatic N) is 3. The van der Waals surface area contributed by atoms with Gasteiger partial charge in [0.25, 0.3) is 0 Å². The van der Waals surface area contributed by atoms with Gasteiger partial charge in [0.2, 0.25) is 0 Å². The van der Waals surface area contributed by atoms with E-state index in [4.69, 9.17) is 0 Å². The Morgan fingerprint density at radius 3 is 2.83 bits per heavy atom. The molecule has 2 aromatic rings. The summed E-state index contributed by atoms with van der Waals surface area (Å²) in [5, 5.41) is 6.33. The summed E-state index contributed by atoms with van der Waals surface area (Å²) in [6.45, 7) is 1.55. The minimum atomic E-state index is 0.670. The second kappa shape index (κ2) is 6.66. The molecule has 0 radical (unpaired) electrons. The van der Waals surface area contributed by atoms with Crippen molar-refractivity contribution in [3.8, 4) is 0 Å². The zero-order valence-corrected chi connectivity index (χ0v) is 10.4. The van der Waals surface area contributed by atoms with Crippen molar-refractivity contribution in [2.75, 3.05) is 18.9 Å². The lowest BCUT2D eigenvalue weighted by atomic mass is 10.3. The van der Waals surface area contributed by atoms with Gasteiger partial charge in [0, 0.05) is 25.4 Å². The number of hydrogen-bond donors (Lipinski definition) is 2. The molecule has 2 rings (SSSR count). The Hall–Kier alpha value is -2.01. The lowest BCUT2D eigenvalue weighted by Gasteiger charge is -2.06. The van der Waals surface area contributed by atoms with Crippen molar-refractivity contribution in [2.45, 2.75) is 13.0 Å². The molecular formula is C13H17N5. The van der Waals surface area contributed by atoms with Crippen LogP contribution in [0.25, 0.3) is 0 Å². The predicted molar refractivity (Wildman–Crippen MR) is 71.2 cm³/mol. The van der Waals surface area contributed by atoms with E-state index in [2.05, 4.69) is 25.6 Å². The van der Waals surface area contributed by atoms with Crippen LogP contribution in [0.1, 0.15) is 11.5 Å². The molecule has 0 aliphatic rings. The third kappa shape index (κ3) is 3.78. The minimum absolute atomic E-state index is 0.670. The van der Waals surface area contributed by atoms with E-state index in [1.165, 1.54) is 0 Å². The summed E-state index contributed by atoms with van der Waals surface area (Å²) >= 11 is 0. The van der Waals surface area contributed by atoms with E-state index in [-0.39, 0.29) is 0 Å². The van der Waals surface area contributed by atoms with Crippen LogP contribution in [0.2, 0.25) is 0 Å². The van der Waals surface area contributed by atoms with Crippen LogP contribution in [0.3, 0.4) is 0 Å². The van der Waals surface area contributed by atoms with E-state index in [0.29, 0.717) is 6.54 Å². The van der Waals surface area contributed by atoms with Crippen LogP contribution < -0.4 is 10.6 Å². The molecule has 0 saturated carbocycles. The van der Waals surface area contributed by atoms with Gasteiger partial charge in [-0.1, -0.05) is 6.07 Å². The van der Waals surface area contributed by atoms with Crippen LogP contribution in [0, 0.1) is 0 Å². The average Bonchev–Trinajstić information content (AvgIpc) is 2.44. The molecular weight excluding hydrogens is 226 g/mol. The average molecular weight is 243 g/mol. The van der Waals surface area contributed by atoms with Gasteiger partial charge in [-0.2, -0.15) is 0 Å². The zero-order chi connectivity index (χ0) is 12.6. The van der Waals surface area contributed by atoms with Gasteiger partial charge >= 0.3 is 0 Å². The molecule has 0 aliphatic heterocycles. The Labute approximate surface area is 107 Å². The fourth-order valence-corrected chi connectivity index (χ4v) is 1.54. The molecule has 5 nitrogen and oxygen atoms in total. The molecule has 5 heteroatoms. The van der Waals surface area contributed by atoms with Gasteiger partial charge in [0.15, 0.2) is 0 Å². The highest BCUT2D eigenvalue weighted by Gasteiger charge is 1.99. The van der Waals surface area contributed by atoms with Gasteiger partial charge in [0.1, 0.15) is 11.6 Å². The molecule has 0 aromatic carbocycles. The number of likely N-dealkylation sites (N-methyl/N-ethyl adjacent to an activating group) is 1. The summed E-state index contributed by atoms with van der Waals surface area (Å²) in [6, 6.07) is 7.73. The molecule has 0 fully saturated rings. The molecule has 0 amide bonds. The van der Waals surface area contributed by atoms with Crippen LogP contribution in [0.15, 0.2) is 36.7 Å². The monoisotopic (exact) mass is 243 g/mol. The molecule has 0 aliphatic carbocycles. The van der Waals surface area contributed by atoms with Gasteiger partial charge in [-0.25, -0.2) is 9.97 Å². The van der Waals surface area contributed by atoms with Gasteiger partial charge in [0.05, 0.1) is 12.2 Å². The Morgan fingerprint density at radius 1 is 1.11 bits per heavy atom. The first-order valence-corrected chi connectivity index (χ1v) is 5.99. The van der Waals surface area contributed by atoms with E-state index in [1.807, 2.05) is 31.3 Å². The van der Waals surface area contributed by atoms with E-state index in [1.54, 1.807) is 12.4 Å². The number of aromatic nitrogens is 3. The minimum Gasteiger partial charge on any atom is -0.364 e. The summed E-state index contributed by atoms with van der Waals surface area (Å²) < 4.78 is 0. The van der Waals surface area contributed by atoms with Crippen molar-refractivity contribution in [1.82, 2.24) is 20.3 Å². The van der Waals surface area contributed by atoms with Gasteiger partial charge < -0.3 is 10.6 Å². The third-order valence-electron chi connectivity index (χ3n) is 2.48. The summed E-state index contributed by atoms with van der Waals surface area (Å²) in [6.07, 6.45) is 4.39. The fourth-order valence-electron chi connectivity index (χ4n) is 1.54. The fraction of sp³-hybridized carbons (Fsp3) is 0.308. The molecule has 0 spiro atoms. The largest absolute Gasteiger partial charge is 0.364 e. The van der Waals surface area contributed by atoms with E-state index in [9.17, 15) is 0 Å². The summed E-state index contributed by atoms with van der Waals surface area (Å²) in [5.74, 6) is 1.68. The molecule has 2 N–H and O–H groups in total. The number of anilines is 1. The summed E-state index contributed by atoms with van der Waals surface area (Å²) in [7, 11) is 1.92. The number of rotatable bonds is 6. The number of nitrogens with one attached hydrogen (secondary N) is 2. The number of pyridine rings is 1. The molecule has 2 heterocycles. The molecule has 18 heavy (non-hydrogen) atoms.